The van der Waals surface area contributed by atoms with Gasteiger partial charge in [0.05, 0.1) is 0 Å². The van der Waals surface area contributed by atoms with Gasteiger partial charge in [0.1, 0.15) is 11.5 Å². The van der Waals surface area contributed by atoms with Crippen LogP contribution < -0.4 is 4.74 Å². The Labute approximate surface area is 183 Å². The minimum absolute atomic E-state index is 0.959. The predicted molar refractivity (Wildman–Crippen MR) is 132 cm³/mol. The van der Waals surface area contributed by atoms with Crippen LogP contribution in [0.25, 0.3) is 33.7 Å². The first kappa shape index (κ1) is 18.4. The topological polar surface area (TPSA) is 9.23 Å². The molecule has 0 unspecified atom stereocenters. The lowest BCUT2D eigenvalue weighted by molar-refractivity contribution is 0.481. The van der Waals surface area contributed by atoms with Gasteiger partial charge in [-0.3, -0.25) is 0 Å². The summed E-state index contributed by atoms with van der Waals surface area (Å²) >= 11 is 0. The highest BCUT2D eigenvalue weighted by Gasteiger charge is 2.21. The second-order valence-corrected chi connectivity index (χ2v) is 9.33. The van der Waals surface area contributed by atoms with Gasteiger partial charge in [-0.1, -0.05) is 59.7 Å². The molecule has 2 aliphatic carbocycles. The second-order valence-electron chi connectivity index (χ2n) is 9.33. The van der Waals surface area contributed by atoms with Gasteiger partial charge in [0, 0.05) is 11.1 Å². The van der Waals surface area contributed by atoms with Crippen molar-refractivity contribution in [3.05, 3.63) is 93.1 Å². The van der Waals surface area contributed by atoms with Crippen molar-refractivity contribution in [1.82, 2.24) is 0 Å². The maximum atomic E-state index is 6.79. The highest BCUT2D eigenvalue weighted by atomic mass is 16.5. The Bertz CT molecular complexity index is 1370. The predicted octanol–water partition coefficient (Wildman–Crippen LogP) is 8.32. The number of benzene rings is 4. The third-order valence-corrected chi connectivity index (χ3v) is 6.86. The summed E-state index contributed by atoms with van der Waals surface area (Å²) in [6.07, 6.45) is 6.66. The number of allylic oxidation sites excluding steroid dienone is 2. The van der Waals surface area contributed by atoms with E-state index in [1.807, 2.05) is 0 Å². The van der Waals surface area contributed by atoms with E-state index in [0.29, 0.717) is 0 Å². The van der Waals surface area contributed by atoms with Crippen molar-refractivity contribution in [3.63, 3.8) is 0 Å². The Morgan fingerprint density at radius 3 is 1.52 bits per heavy atom. The molecule has 0 amide bonds. The van der Waals surface area contributed by atoms with E-state index in [9.17, 15) is 0 Å². The summed E-state index contributed by atoms with van der Waals surface area (Å²) in [6, 6.07) is 17.8. The van der Waals surface area contributed by atoms with Gasteiger partial charge >= 0.3 is 0 Å². The SMILES string of the molecule is CC1=Cc2c(Oc3cc(C)c4cccc5c4c3C=C(C)C5)cc(C)c3cccc(c23)C1. The number of rotatable bonds is 2. The van der Waals surface area contributed by atoms with Gasteiger partial charge in [0.25, 0.3) is 0 Å². The monoisotopic (exact) mass is 402 g/mol. The van der Waals surface area contributed by atoms with Crippen molar-refractivity contribution in [2.24, 2.45) is 0 Å². The smallest absolute Gasteiger partial charge is 0.135 e. The first-order valence-corrected chi connectivity index (χ1v) is 11.1. The van der Waals surface area contributed by atoms with Gasteiger partial charge in [-0.25, -0.2) is 0 Å². The summed E-state index contributed by atoms with van der Waals surface area (Å²) in [6.45, 7) is 8.82. The molecule has 6 rings (SSSR count). The Morgan fingerprint density at radius 1 is 0.613 bits per heavy atom. The lowest BCUT2D eigenvalue weighted by Gasteiger charge is -2.23. The number of aryl methyl sites for hydroxylation is 2. The van der Waals surface area contributed by atoms with Gasteiger partial charge in [0.15, 0.2) is 0 Å². The molecule has 0 saturated heterocycles. The summed E-state index contributed by atoms with van der Waals surface area (Å²) in [7, 11) is 0. The molecule has 0 fully saturated rings. The summed E-state index contributed by atoms with van der Waals surface area (Å²) < 4.78 is 6.79. The molecule has 4 aromatic rings. The zero-order valence-corrected chi connectivity index (χ0v) is 18.6. The fourth-order valence-electron chi connectivity index (χ4n) is 5.51. The Hall–Kier alpha value is -3.32. The van der Waals surface area contributed by atoms with Gasteiger partial charge < -0.3 is 4.74 Å². The molecule has 0 heterocycles. The van der Waals surface area contributed by atoms with Crippen LogP contribution in [0.15, 0.2) is 59.7 Å². The van der Waals surface area contributed by atoms with E-state index in [0.717, 1.165) is 24.3 Å². The third kappa shape index (κ3) is 2.76. The zero-order valence-electron chi connectivity index (χ0n) is 18.6. The standard InChI is InChI=1S/C30H26O/c1-17-11-21-7-5-9-23-19(3)15-27(25(13-17)29(21)23)31-28-16-20(4)24-10-6-8-22-12-18(2)14-26(28)30(22)24/h5-10,13-16H,11-12H2,1-4H3. The fourth-order valence-corrected chi connectivity index (χ4v) is 5.51. The molecule has 4 aromatic carbocycles. The molecule has 0 radical (unpaired) electrons. The molecule has 1 heteroatoms. The number of hydrogen-bond donors (Lipinski definition) is 0. The molecular formula is C30H26O. The van der Waals surface area contributed by atoms with Gasteiger partial charge in [-0.2, -0.15) is 0 Å². The lowest BCUT2D eigenvalue weighted by atomic mass is 9.86. The Balaban J connectivity index is 1.62. The van der Waals surface area contributed by atoms with E-state index in [1.165, 1.54) is 66.1 Å². The molecule has 0 saturated carbocycles. The maximum Gasteiger partial charge on any atom is 0.135 e. The Morgan fingerprint density at radius 2 is 1.06 bits per heavy atom. The number of ether oxygens (including phenoxy) is 1. The molecule has 0 atom stereocenters. The van der Waals surface area contributed by atoms with Crippen LogP contribution >= 0.6 is 0 Å². The van der Waals surface area contributed by atoms with E-state index in [1.54, 1.807) is 0 Å². The van der Waals surface area contributed by atoms with Gasteiger partial charge in [0.2, 0.25) is 0 Å². The first-order valence-electron chi connectivity index (χ1n) is 11.1. The van der Waals surface area contributed by atoms with E-state index in [-0.39, 0.29) is 0 Å². The largest absolute Gasteiger partial charge is 0.456 e. The van der Waals surface area contributed by atoms with Crippen LogP contribution in [0.2, 0.25) is 0 Å². The van der Waals surface area contributed by atoms with E-state index in [2.05, 4.69) is 88.4 Å². The van der Waals surface area contributed by atoms with Crippen LogP contribution in [0.4, 0.5) is 0 Å². The lowest BCUT2D eigenvalue weighted by Crippen LogP contribution is -2.03. The normalized spacial score (nSPS) is 14.6. The zero-order chi connectivity index (χ0) is 21.3. The Kier molecular flexibility index (Phi) is 3.92. The van der Waals surface area contributed by atoms with Crippen molar-refractivity contribution in [1.29, 1.82) is 0 Å². The highest BCUT2D eigenvalue weighted by molar-refractivity contribution is 6.01. The summed E-state index contributed by atoms with van der Waals surface area (Å²) in [5.41, 5.74) is 10.5. The summed E-state index contributed by atoms with van der Waals surface area (Å²) in [4.78, 5) is 0. The molecule has 152 valence electrons. The van der Waals surface area contributed by atoms with Crippen molar-refractivity contribution < 1.29 is 4.74 Å². The van der Waals surface area contributed by atoms with Crippen LogP contribution in [0.3, 0.4) is 0 Å². The maximum absolute atomic E-state index is 6.79. The molecule has 0 N–H and O–H groups in total. The molecule has 2 aliphatic rings. The first-order chi connectivity index (χ1) is 15.0. The van der Waals surface area contributed by atoms with Crippen molar-refractivity contribution in [2.45, 2.75) is 40.5 Å². The van der Waals surface area contributed by atoms with Crippen LogP contribution in [-0.4, -0.2) is 0 Å². The summed E-state index contributed by atoms with van der Waals surface area (Å²) in [5.74, 6) is 1.92. The molecule has 0 aliphatic heterocycles. The summed E-state index contributed by atoms with van der Waals surface area (Å²) in [5, 5.41) is 5.36. The molecule has 31 heavy (non-hydrogen) atoms. The van der Waals surface area contributed by atoms with Crippen LogP contribution in [0.5, 0.6) is 11.5 Å². The third-order valence-electron chi connectivity index (χ3n) is 6.86. The van der Waals surface area contributed by atoms with Gasteiger partial charge in [-0.05, 0) is 96.5 Å². The molecular weight excluding hydrogens is 376 g/mol. The highest BCUT2D eigenvalue weighted by Crippen LogP contribution is 2.44. The molecule has 1 nitrogen and oxygen atoms in total. The molecule has 0 aromatic heterocycles. The second kappa shape index (κ2) is 6.59. The van der Waals surface area contributed by atoms with Crippen molar-refractivity contribution in [3.8, 4) is 11.5 Å². The molecule has 0 spiro atoms. The van der Waals surface area contributed by atoms with E-state index < -0.39 is 0 Å². The van der Waals surface area contributed by atoms with Gasteiger partial charge in [-0.15, -0.1) is 0 Å². The van der Waals surface area contributed by atoms with Crippen molar-refractivity contribution in [2.75, 3.05) is 0 Å². The average molecular weight is 403 g/mol. The van der Waals surface area contributed by atoms with Crippen LogP contribution in [-0.2, 0) is 12.8 Å². The minimum Gasteiger partial charge on any atom is -0.456 e. The number of hydrogen-bond acceptors (Lipinski definition) is 1. The van der Waals surface area contributed by atoms with Crippen LogP contribution in [0, 0.1) is 13.8 Å². The molecule has 0 bridgehead atoms. The van der Waals surface area contributed by atoms with E-state index in [4.69, 9.17) is 4.74 Å². The average Bonchev–Trinajstić information content (AvgIpc) is 2.74. The van der Waals surface area contributed by atoms with Crippen molar-refractivity contribution >= 4 is 33.7 Å². The van der Waals surface area contributed by atoms with E-state index >= 15 is 0 Å². The fraction of sp³-hybridized carbons (Fsp3) is 0.200. The minimum atomic E-state index is 0.959. The van der Waals surface area contributed by atoms with Crippen LogP contribution in [0.1, 0.15) is 47.2 Å². The quantitative estimate of drug-likeness (QED) is 0.327.